The van der Waals surface area contributed by atoms with Crippen LogP contribution in [-0.4, -0.2) is 39.1 Å². The summed E-state index contributed by atoms with van der Waals surface area (Å²) in [5.41, 5.74) is 0. The van der Waals surface area contributed by atoms with Crippen LogP contribution >= 0.6 is 11.5 Å². The number of aliphatic hydroxyl groups is 1. The van der Waals surface area contributed by atoms with E-state index in [2.05, 4.69) is 19.7 Å². The molecule has 6 heteroatoms. The highest BCUT2D eigenvalue weighted by atomic mass is 32.1. The van der Waals surface area contributed by atoms with Gasteiger partial charge in [-0.25, -0.2) is 0 Å². The number of hydrogen-bond donors (Lipinski definition) is 1. The van der Waals surface area contributed by atoms with E-state index < -0.39 is 0 Å². The molecule has 1 N–H and O–H groups in total. The minimum absolute atomic E-state index is 0.137. The van der Waals surface area contributed by atoms with E-state index in [1.807, 2.05) is 0 Å². The Labute approximate surface area is 74.2 Å². The van der Waals surface area contributed by atoms with Crippen molar-refractivity contribution >= 4 is 16.7 Å². The van der Waals surface area contributed by atoms with E-state index in [1.165, 1.54) is 11.5 Å². The lowest BCUT2D eigenvalue weighted by molar-refractivity contribution is 0.145. The van der Waals surface area contributed by atoms with E-state index in [-0.39, 0.29) is 6.10 Å². The van der Waals surface area contributed by atoms with Crippen LogP contribution in [0.2, 0.25) is 0 Å². The third kappa shape index (κ3) is 1.54. The second kappa shape index (κ2) is 3.32. The summed E-state index contributed by atoms with van der Waals surface area (Å²) < 4.78 is 3.69. The summed E-state index contributed by atoms with van der Waals surface area (Å²) in [4.78, 5) is 2.11. The molecule has 1 saturated heterocycles. The molecule has 0 unspecified atom stereocenters. The molecule has 0 atom stereocenters. The number of piperidine rings is 1. The molecule has 0 saturated carbocycles. The van der Waals surface area contributed by atoms with E-state index >= 15 is 0 Å². The molecule has 2 rings (SSSR count). The number of nitrogens with zero attached hydrogens (tertiary/aromatic N) is 4. The SMILES string of the molecule is OC1CCN(c2nnns2)CC1. The lowest BCUT2D eigenvalue weighted by atomic mass is 10.1. The molecule has 12 heavy (non-hydrogen) atoms. The second-order valence-electron chi connectivity index (χ2n) is 2.86. The first kappa shape index (κ1) is 7.88. The molecule has 0 amide bonds. The summed E-state index contributed by atoms with van der Waals surface area (Å²) >= 11 is 1.30. The largest absolute Gasteiger partial charge is 0.393 e. The van der Waals surface area contributed by atoms with Crippen LogP contribution in [0, 0.1) is 0 Å². The smallest absolute Gasteiger partial charge is 0.227 e. The maximum absolute atomic E-state index is 9.25. The minimum Gasteiger partial charge on any atom is -0.393 e. The third-order valence-electron chi connectivity index (χ3n) is 2.02. The molecule has 0 aromatic carbocycles. The average molecular weight is 186 g/mol. The van der Waals surface area contributed by atoms with Crippen molar-refractivity contribution in [1.29, 1.82) is 0 Å². The van der Waals surface area contributed by atoms with Crippen LogP contribution in [0.3, 0.4) is 0 Å². The number of hydrogen-bond acceptors (Lipinski definition) is 6. The lowest BCUT2D eigenvalue weighted by Gasteiger charge is -2.28. The van der Waals surface area contributed by atoms with Crippen LogP contribution in [0.1, 0.15) is 12.8 Å². The maximum Gasteiger partial charge on any atom is 0.227 e. The van der Waals surface area contributed by atoms with Gasteiger partial charge in [0.15, 0.2) is 0 Å². The summed E-state index contributed by atoms with van der Waals surface area (Å²) in [6.45, 7) is 1.72. The first-order valence-corrected chi connectivity index (χ1v) is 4.71. The van der Waals surface area contributed by atoms with Gasteiger partial charge in [0, 0.05) is 24.6 Å². The van der Waals surface area contributed by atoms with Gasteiger partial charge < -0.3 is 10.0 Å². The van der Waals surface area contributed by atoms with Gasteiger partial charge in [0.1, 0.15) is 0 Å². The van der Waals surface area contributed by atoms with Crippen LogP contribution < -0.4 is 4.90 Å². The fraction of sp³-hybridized carbons (Fsp3) is 0.833. The molecule has 1 fully saturated rings. The van der Waals surface area contributed by atoms with Crippen molar-refractivity contribution in [2.24, 2.45) is 0 Å². The van der Waals surface area contributed by atoms with Gasteiger partial charge in [0.2, 0.25) is 5.13 Å². The number of aliphatic hydroxyl groups excluding tert-OH is 1. The Bertz CT molecular complexity index is 232. The van der Waals surface area contributed by atoms with Crippen molar-refractivity contribution in [2.45, 2.75) is 18.9 Å². The summed E-state index contributed by atoms with van der Waals surface area (Å²) in [5.74, 6) is 0. The Kier molecular flexibility index (Phi) is 2.18. The van der Waals surface area contributed by atoms with Crippen LogP contribution in [0.4, 0.5) is 5.13 Å². The molecule has 0 bridgehead atoms. The van der Waals surface area contributed by atoms with Crippen molar-refractivity contribution < 1.29 is 5.11 Å². The topological polar surface area (TPSA) is 62.1 Å². The molecule has 0 spiro atoms. The quantitative estimate of drug-likeness (QED) is 0.663. The molecule has 66 valence electrons. The molecule has 1 aromatic heterocycles. The van der Waals surface area contributed by atoms with Crippen molar-refractivity contribution in [3.05, 3.63) is 0 Å². The Balaban J connectivity index is 1.99. The van der Waals surface area contributed by atoms with E-state index in [9.17, 15) is 5.11 Å². The fourth-order valence-corrected chi connectivity index (χ4v) is 1.82. The fourth-order valence-electron chi connectivity index (χ4n) is 1.31. The summed E-state index contributed by atoms with van der Waals surface area (Å²) in [7, 11) is 0. The van der Waals surface area contributed by atoms with E-state index in [1.54, 1.807) is 0 Å². The Morgan fingerprint density at radius 2 is 2.17 bits per heavy atom. The highest BCUT2D eigenvalue weighted by molar-refractivity contribution is 7.09. The van der Waals surface area contributed by atoms with Gasteiger partial charge in [-0.1, -0.05) is 9.59 Å². The minimum atomic E-state index is -0.137. The summed E-state index contributed by atoms with van der Waals surface area (Å²) in [6, 6.07) is 0. The Hall–Kier alpha value is -0.750. The zero-order valence-electron chi connectivity index (χ0n) is 6.55. The van der Waals surface area contributed by atoms with Crippen molar-refractivity contribution in [3.63, 3.8) is 0 Å². The Morgan fingerprint density at radius 3 is 2.75 bits per heavy atom. The van der Waals surface area contributed by atoms with Gasteiger partial charge in [0.05, 0.1) is 6.10 Å². The summed E-state index contributed by atoms with van der Waals surface area (Å²) in [5, 5.41) is 17.5. The van der Waals surface area contributed by atoms with Gasteiger partial charge in [-0.05, 0) is 18.1 Å². The normalized spacial score (nSPS) is 19.9. The molecule has 5 nitrogen and oxygen atoms in total. The van der Waals surface area contributed by atoms with Crippen LogP contribution in [-0.2, 0) is 0 Å². The molecule has 0 aliphatic carbocycles. The van der Waals surface area contributed by atoms with E-state index in [0.29, 0.717) is 0 Å². The molecular weight excluding hydrogens is 176 g/mol. The van der Waals surface area contributed by atoms with Crippen molar-refractivity contribution in [2.75, 3.05) is 18.0 Å². The predicted molar refractivity (Wildman–Crippen MR) is 45.2 cm³/mol. The summed E-state index contributed by atoms with van der Waals surface area (Å²) in [6.07, 6.45) is 1.50. The van der Waals surface area contributed by atoms with Crippen LogP contribution in [0.15, 0.2) is 0 Å². The zero-order chi connectivity index (χ0) is 8.39. The Morgan fingerprint density at radius 1 is 1.42 bits per heavy atom. The molecule has 1 aliphatic heterocycles. The first-order chi connectivity index (χ1) is 5.86. The van der Waals surface area contributed by atoms with Crippen LogP contribution in [0.25, 0.3) is 0 Å². The van der Waals surface area contributed by atoms with Gasteiger partial charge in [-0.15, -0.1) is 0 Å². The van der Waals surface area contributed by atoms with Gasteiger partial charge in [-0.2, -0.15) is 0 Å². The number of anilines is 1. The van der Waals surface area contributed by atoms with Crippen LogP contribution in [0.5, 0.6) is 0 Å². The van der Waals surface area contributed by atoms with Gasteiger partial charge >= 0.3 is 0 Å². The standard InChI is InChI=1S/C6H10N4OS/c11-5-1-3-10(4-2-5)6-7-8-9-12-6/h5,11H,1-4H2. The first-order valence-electron chi connectivity index (χ1n) is 3.94. The molecule has 1 aromatic rings. The second-order valence-corrected chi connectivity index (χ2v) is 3.57. The predicted octanol–water partition coefficient (Wildman–Crippen LogP) is -0.106. The lowest BCUT2D eigenvalue weighted by Crippen LogP contribution is -2.35. The molecular formula is C6H10N4OS. The van der Waals surface area contributed by atoms with Crippen molar-refractivity contribution in [3.8, 4) is 0 Å². The molecule has 0 radical (unpaired) electrons. The van der Waals surface area contributed by atoms with E-state index in [0.717, 1.165) is 31.1 Å². The highest BCUT2D eigenvalue weighted by Crippen LogP contribution is 2.19. The van der Waals surface area contributed by atoms with Crippen molar-refractivity contribution in [1.82, 2.24) is 14.8 Å². The van der Waals surface area contributed by atoms with Gasteiger partial charge in [-0.3, -0.25) is 0 Å². The molecule has 2 heterocycles. The van der Waals surface area contributed by atoms with Gasteiger partial charge in [0.25, 0.3) is 0 Å². The maximum atomic E-state index is 9.25. The zero-order valence-corrected chi connectivity index (χ0v) is 7.37. The average Bonchev–Trinajstić information content (AvgIpc) is 2.58. The third-order valence-corrected chi connectivity index (χ3v) is 2.68. The highest BCUT2D eigenvalue weighted by Gasteiger charge is 2.19. The van der Waals surface area contributed by atoms with E-state index in [4.69, 9.17) is 0 Å². The number of rotatable bonds is 1. The number of aromatic nitrogens is 3. The monoisotopic (exact) mass is 186 g/mol. The molecule has 1 aliphatic rings.